The van der Waals surface area contributed by atoms with E-state index in [0.717, 1.165) is 5.56 Å². The number of rotatable bonds is 3. The predicted molar refractivity (Wildman–Crippen MR) is 95.2 cm³/mol. The Bertz CT molecular complexity index is 1050. The molecule has 10 heteroatoms. The van der Waals surface area contributed by atoms with E-state index in [1.54, 1.807) is 11.3 Å². The second-order valence-electron chi connectivity index (χ2n) is 6.80. The second kappa shape index (κ2) is 5.88. The van der Waals surface area contributed by atoms with Gasteiger partial charge in [0.05, 0.1) is 12.9 Å². The Labute approximate surface area is 156 Å². The zero-order valence-corrected chi connectivity index (χ0v) is 15.1. The number of nitrogens with one attached hydrogen (secondary N) is 1. The monoisotopic (exact) mass is 391 g/mol. The van der Waals surface area contributed by atoms with E-state index in [-0.39, 0.29) is 18.1 Å². The van der Waals surface area contributed by atoms with Crippen LogP contribution in [0.5, 0.6) is 0 Å². The van der Waals surface area contributed by atoms with Crippen LogP contribution < -0.4 is 11.3 Å². The number of nitrogen functional groups attached to an aromatic ring is 1. The Kier molecular flexibility index (Phi) is 3.68. The molecule has 0 radical (unpaired) electrons. The van der Waals surface area contributed by atoms with Gasteiger partial charge in [-0.1, -0.05) is 0 Å². The molecule has 0 aromatic carbocycles. The minimum Gasteiger partial charge on any atom is -0.456 e. The van der Waals surface area contributed by atoms with E-state index in [0.29, 0.717) is 11.1 Å². The Morgan fingerprint density at radius 3 is 3.04 bits per heavy atom. The molecule has 3 aromatic rings. The number of nitrogens with zero attached hydrogens (tertiary/aromatic N) is 1. The van der Waals surface area contributed by atoms with Crippen molar-refractivity contribution in [3.63, 3.8) is 0 Å². The average Bonchev–Trinajstić information content (AvgIpc) is 3.37. The van der Waals surface area contributed by atoms with E-state index in [2.05, 4.69) is 9.97 Å². The van der Waals surface area contributed by atoms with Gasteiger partial charge in [0, 0.05) is 11.1 Å². The number of aliphatic hydroxyl groups is 1. The van der Waals surface area contributed by atoms with E-state index >= 15 is 0 Å². The molecule has 4 N–H and O–H groups in total. The van der Waals surface area contributed by atoms with Crippen molar-refractivity contribution in [1.82, 2.24) is 9.97 Å². The van der Waals surface area contributed by atoms with E-state index in [1.807, 2.05) is 23.8 Å². The fourth-order valence-corrected chi connectivity index (χ4v) is 4.53. The lowest BCUT2D eigenvalue weighted by molar-refractivity contribution is -0.157. The zero-order valence-electron chi connectivity index (χ0n) is 14.2. The predicted octanol–water partition coefficient (Wildman–Crippen LogP) is 1.46. The van der Waals surface area contributed by atoms with Crippen LogP contribution in [0.1, 0.15) is 30.4 Å². The van der Waals surface area contributed by atoms with Crippen LogP contribution in [-0.2, 0) is 14.2 Å². The maximum atomic E-state index is 12.1. The van der Waals surface area contributed by atoms with Gasteiger partial charge in [0.1, 0.15) is 29.4 Å². The summed E-state index contributed by atoms with van der Waals surface area (Å²) in [7, 11) is 0. The van der Waals surface area contributed by atoms with Gasteiger partial charge in [0.15, 0.2) is 6.29 Å². The lowest BCUT2D eigenvalue weighted by atomic mass is 9.89. The molecule has 0 amide bonds. The Morgan fingerprint density at radius 2 is 2.30 bits per heavy atom. The van der Waals surface area contributed by atoms with Gasteiger partial charge in [-0.05, 0) is 23.8 Å². The van der Waals surface area contributed by atoms with Crippen molar-refractivity contribution in [2.75, 3.05) is 12.3 Å². The Hall–Kier alpha value is -2.24. The first kappa shape index (κ1) is 16.9. The number of aromatic amines is 1. The van der Waals surface area contributed by atoms with Crippen LogP contribution in [0.3, 0.4) is 0 Å². The third-order valence-corrected chi connectivity index (χ3v) is 5.82. The van der Waals surface area contributed by atoms with Crippen LogP contribution >= 0.6 is 11.3 Å². The molecule has 0 saturated carbocycles. The molecule has 5 heterocycles. The molecule has 5 rings (SSSR count). The SMILES string of the molecule is C[C@@]12OC(c3ccsc3)O[C@@H]1[C@@H](CO)O[C@H]2c1coc2c(=O)[nH]c(N)nc12. The highest BCUT2D eigenvalue weighted by molar-refractivity contribution is 7.07. The van der Waals surface area contributed by atoms with Crippen molar-refractivity contribution in [3.05, 3.63) is 44.6 Å². The number of H-pyrrole nitrogens is 1. The number of aliphatic hydroxyl groups excluding tert-OH is 1. The fourth-order valence-electron chi connectivity index (χ4n) is 3.87. The van der Waals surface area contributed by atoms with Gasteiger partial charge in [0.2, 0.25) is 11.5 Å². The first-order chi connectivity index (χ1) is 13.0. The lowest BCUT2D eigenvalue weighted by Gasteiger charge is -2.26. The molecule has 2 fully saturated rings. The smallest absolute Gasteiger partial charge is 0.295 e. The summed E-state index contributed by atoms with van der Waals surface area (Å²) in [6.45, 7) is 1.63. The topological polar surface area (TPSA) is 133 Å². The lowest BCUT2D eigenvalue weighted by Crippen LogP contribution is -2.40. The maximum absolute atomic E-state index is 12.1. The maximum Gasteiger partial charge on any atom is 0.295 e. The van der Waals surface area contributed by atoms with Crippen molar-refractivity contribution in [1.29, 1.82) is 0 Å². The summed E-state index contributed by atoms with van der Waals surface area (Å²) in [4.78, 5) is 18.7. The summed E-state index contributed by atoms with van der Waals surface area (Å²) in [5, 5.41) is 13.7. The molecular weight excluding hydrogens is 374 g/mol. The van der Waals surface area contributed by atoms with Crippen molar-refractivity contribution in [2.24, 2.45) is 0 Å². The van der Waals surface area contributed by atoms with Gasteiger partial charge >= 0.3 is 0 Å². The minimum atomic E-state index is -0.907. The van der Waals surface area contributed by atoms with Crippen LogP contribution in [0.25, 0.3) is 11.1 Å². The third kappa shape index (κ3) is 2.38. The first-order valence-corrected chi connectivity index (χ1v) is 9.34. The standard InChI is InChI=1S/C17H17N3O6S/c1-17-12(8-5-23-11-10(8)19-16(18)20-14(11)22)24-9(4-21)13(17)25-15(26-17)7-2-3-27-6-7/h2-3,5-6,9,12-13,15,21H,4H2,1H3,(H3,18,19,20,22)/t9-,12+,13-,15?,17+/m1/s1. The fraction of sp³-hybridized carbons (Fsp3) is 0.412. The molecule has 1 unspecified atom stereocenters. The van der Waals surface area contributed by atoms with E-state index in [1.165, 1.54) is 6.26 Å². The van der Waals surface area contributed by atoms with Crippen molar-refractivity contribution in [2.45, 2.75) is 37.1 Å². The second-order valence-corrected chi connectivity index (χ2v) is 7.58. The van der Waals surface area contributed by atoms with Crippen molar-refractivity contribution >= 4 is 28.4 Å². The molecular formula is C17H17N3O6S. The molecule has 2 aliphatic rings. The minimum absolute atomic E-state index is 0.0201. The largest absolute Gasteiger partial charge is 0.456 e. The van der Waals surface area contributed by atoms with Gasteiger partial charge in [-0.15, -0.1) is 0 Å². The van der Waals surface area contributed by atoms with E-state index in [4.69, 9.17) is 24.4 Å². The molecule has 142 valence electrons. The highest BCUT2D eigenvalue weighted by atomic mass is 32.1. The average molecular weight is 391 g/mol. The molecule has 0 spiro atoms. The highest BCUT2D eigenvalue weighted by Gasteiger charge is 2.62. The van der Waals surface area contributed by atoms with Crippen LogP contribution in [0.4, 0.5) is 5.95 Å². The molecule has 0 bridgehead atoms. The number of aromatic nitrogens is 2. The van der Waals surface area contributed by atoms with Gasteiger partial charge < -0.3 is 29.5 Å². The van der Waals surface area contributed by atoms with Gasteiger partial charge in [-0.25, -0.2) is 4.98 Å². The molecule has 9 nitrogen and oxygen atoms in total. The number of anilines is 1. The Morgan fingerprint density at radius 1 is 1.44 bits per heavy atom. The summed E-state index contributed by atoms with van der Waals surface area (Å²) in [6, 6.07) is 1.93. The normalized spacial score (nSPS) is 33.0. The number of nitrogens with two attached hydrogens (primary N) is 1. The summed E-state index contributed by atoms with van der Waals surface area (Å²) in [5.41, 5.74) is 6.11. The number of thiophene rings is 1. The van der Waals surface area contributed by atoms with Gasteiger partial charge in [0.25, 0.3) is 5.56 Å². The van der Waals surface area contributed by atoms with Crippen LogP contribution in [0.15, 0.2) is 32.3 Å². The number of furan rings is 1. The zero-order chi connectivity index (χ0) is 18.8. The highest BCUT2D eigenvalue weighted by Crippen LogP contribution is 2.54. The molecule has 5 atom stereocenters. The van der Waals surface area contributed by atoms with Crippen molar-refractivity contribution in [3.8, 4) is 0 Å². The van der Waals surface area contributed by atoms with Crippen LogP contribution in [0, 0.1) is 0 Å². The third-order valence-electron chi connectivity index (χ3n) is 5.12. The number of hydrogen-bond acceptors (Lipinski definition) is 9. The van der Waals surface area contributed by atoms with E-state index in [9.17, 15) is 9.90 Å². The number of ether oxygens (including phenoxy) is 3. The van der Waals surface area contributed by atoms with Crippen LogP contribution in [0.2, 0.25) is 0 Å². The molecule has 0 aliphatic carbocycles. The summed E-state index contributed by atoms with van der Waals surface area (Å²) >= 11 is 1.55. The summed E-state index contributed by atoms with van der Waals surface area (Å²) in [5.74, 6) is -0.0201. The van der Waals surface area contributed by atoms with Crippen molar-refractivity contribution < 1.29 is 23.7 Å². The Balaban J connectivity index is 1.60. The first-order valence-electron chi connectivity index (χ1n) is 8.40. The quantitative estimate of drug-likeness (QED) is 0.611. The number of hydrogen-bond donors (Lipinski definition) is 3. The molecule has 2 aliphatic heterocycles. The summed E-state index contributed by atoms with van der Waals surface area (Å²) in [6.07, 6.45) is -0.889. The van der Waals surface area contributed by atoms with Gasteiger partial charge in [-0.2, -0.15) is 11.3 Å². The van der Waals surface area contributed by atoms with Crippen LogP contribution in [-0.4, -0.2) is 39.5 Å². The molecule has 3 aromatic heterocycles. The summed E-state index contributed by atoms with van der Waals surface area (Å²) < 4.78 is 23.8. The van der Waals surface area contributed by atoms with Gasteiger partial charge in [-0.3, -0.25) is 9.78 Å². The molecule has 2 saturated heterocycles. The van der Waals surface area contributed by atoms with E-state index < -0.39 is 35.8 Å². The molecule has 27 heavy (non-hydrogen) atoms. The number of fused-ring (bicyclic) bond motifs is 2.